The van der Waals surface area contributed by atoms with Crippen LogP contribution in [0.4, 0.5) is 0 Å². The molecule has 0 aromatic carbocycles. The van der Waals surface area contributed by atoms with Crippen LogP contribution in [-0.4, -0.2) is 41.6 Å². The van der Waals surface area contributed by atoms with Crippen LogP contribution in [0.1, 0.15) is 187 Å². The van der Waals surface area contributed by atoms with Gasteiger partial charge in [-0.15, -0.1) is 0 Å². The number of rotatable bonds is 40. The highest BCUT2D eigenvalue weighted by atomic mass is 16.5. The van der Waals surface area contributed by atoms with Crippen LogP contribution in [-0.2, 0) is 19.1 Å². The fraction of sp³-hybridized carbons (Fsp3) is 0.627. The Bertz CT molecular complexity index is 1230. The summed E-state index contributed by atoms with van der Waals surface area (Å²) < 4.78 is 5.94. The topological polar surface area (TPSA) is 119 Å². The number of amides is 1. The molecule has 1 amide bonds. The van der Waals surface area contributed by atoms with E-state index in [9.17, 15) is 19.5 Å². The Morgan fingerprint density at radius 3 is 1.53 bits per heavy atom. The molecule has 2 atom stereocenters. The second-order valence-electron chi connectivity index (χ2n) is 15.1. The van der Waals surface area contributed by atoms with Gasteiger partial charge in [-0.2, -0.15) is 0 Å². The summed E-state index contributed by atoms with van der Waals surface area (Å²) in [5.74, 6) is -1.36. The number of nitrogens with one attached hydrogen (secondary N) is 1. The molecule has 0 aromatic rings. The summed E-state index contributed by atoms with van der Waals surface area (Å²) in [7, 11) is 0. The standard InChI is InChI=1S/C51H84N2O5/c1-3-5-7-9-11-13-15-16-17-18-19-20-21-22-23-24-26-28-30-35-39-45-50(55)58-47(41-36-32-29-27-25-14-12-10-8-6-4-2)42-37-33-31-34-38-44-49(54)53-48(51(56)57)43-40-46-52/h5,7,11-14,16-17,19-20,22-23,27,29,36,41,47-48H,3-4,6,8-10,15,18,21,24-26,28,30-35,37-40,42-46,52H2,1-2H3,(H,53,54)(H,56,57)/b7-5-,13-11-,14-12-,17-16-,20-19-,23-22-,29-27-,41-36-. The lowest BCUT2D eigenvalue weighted by molar-refractivity contribution is -0.147. The zero-order valence-corrected chi connectivity index (χ0v) is 36.8. The molecule has 0 rings (SSSR count). The Balaban J connectivity index is 4.41. The van der Waals surface area contributed by atoms with Gasteiger partial charge in [-0.25, -0.2) is 4.79 Å². The monoisotopic (exact) mass is 805 g/mol. The molecule has 7 heteroatoms. The molecule has 0 bridgehead atoms. The SMILES string of the molecule is CC/C=C\C/C=C\C/C=C\C/C=C\C/C=C\CCCCCCCC(=O)OC(/C=C\C/C=C\C/C=C\CCCCC)CCCCCCCC(=O)NC(CCCN)C(=O)O. The van der Waals surface area contributed by atoms with Gasteiger partial charge in [-0.05, 0) is 122 Å². The van der Waals surface area contributed by atoms with Crippen molar-refractivity contribution in [3.8, 4) is 0 Å². The summed E-state index contributed by atoms with van der Waals surface area (Å²) in [5, 5.41) is 11.9. The Morgan fingerprint density at radius 2 is 1.00 bits per heavy atom. The predicted octanol–water partition coefficient (Wildman–Crippen LogP) is 13.4. The van der Waals surface area contributed by atoms with E-state index in [2.05, 4.69) is 110 Å². The van der Waals surface area contributed by atoms with E-state index >= 15 is 0 Å². The number of allylic oxidation sites excluding steroid dienone is 15. The minimum atomic E-state index is -1.02. The normalized spacial score (nSPS) is 13.6. The summed E-state index contributed by atoms with van der Waals surface area (Å²) in [6.07, 6.45) is 60.4. The molecule has 0 aromatic heterocycles. The number of ether oxygens (including phenoxy) is 1. The number of hydrogen-bond donors (Lipinski definition) is 3. The summed E-state index contributed by atoms with van der Waals surface area (Å²) in [6, 6.07) is -0.873. The molecule has 7 nitrogen and oxygen atoms in total. The first-order valence-corrected chi connectivity index (χ1v) is 23.1. The molecule has 0 aliphatic carbocycles. The first-order chi connectivity index (χ1) is 28.4. The fourth-order valence-corrected chi connectivity index (χ4v) is 6.17. The molecule has 58 heavy (non-hydrogen) atoms. The smallest absolute Gasteiger partial charge is 0.326 e. The van der Waals surface area contributed by atoms with Gasteiger partial charge in [0.05, 0.1) is 0 Å². The lowest BCUT2D eigenvalue weighted by atomic mass is 10.1. The fourth-order valence-electron chi connectivity index (χ4n) is 6.17. The molecular weight excluding hydrogens is 721 g/mol. The number of nitrogens with two attached hydrogens (primary N) is 1. The third-order valence-electron chi connectivity index (χ3n) is 9.62. The largest absolute Gasteiger partial charge is 0.480 e. The van der Waals surface area contributed by atoms with Gasteiger partial charge in [0.15, 0.2) is 0 Å². The maximum Gasteiger partial charge on any atom is 0.326 e. The molecule has 0 aliphatic rings. The number of hydrogen-bond acceptors (Lipinski definition) is 5. The first-order valence-electron chi connectivity index (χ1n) is 23.1. The van der Waals surface area contributed by atoms with Crippen molar-refractivity contribution in [2.45, 2.75) is 199 Å². The predicted molar refractivity (Wildman–Crippen MR) is 248 cm³/mol. The number of carboxylic acid groups (broad SMARTS) is 1. The molecular formula is C51H84N2O5. The quantitative estimate of drug-likeness (QED) is 0.0322. The van der Waals surface area contributed by atoms with Gasteiger partial charge >= 0.3 is 11.9 Å². The third kappa shape index (κ3) is 40.5. The van der Waals surface area contributed by atoms with Crippen LogP contribution in [0.15, 0.2) is 97.2 Å². The molecule has 328 valence electrons. The summed E-state index contributed by atoms with van der Waals surface area (Å²) >= 11 is 0. The minimum Gasteiger partial charge on any atom is -0.480 e. The Kier molecular flexibility index (Phi) is 41.6. The van der Waals surface area contributed by atoms with Gasteiger partial charge in [0.25, 0.3) is 0 Å². The van der Waals surface area contributed by atoms with E-state index in [0.717, 1.165) is 116 Å². The van der Waals surface area contributed by atoms with E-state index in [1.54, 1.807) is 0 Å². The number of aliphatic carboxylic acids is 1. The molecule has 0 fully saturated rings. The van der Waals surface area contributed by atoms with Crippen LogP contribution in [0.2, 0.25) is 0 Å². The highest BCUT2D eigenvalue weighted by Gasteiger charge is 2.18. The van der Waals surface area contributed by atoms with Crippen molar-refractivity contribution in [3.05, 3.63) is 97.2 Å². The number of esters is 1. The van der Waals surface area contributed by atoms with Gasteiger partial charge < -0.3 is 20.9 Å². The zero-order chi connectivity index (χ0) is 42.4. The average molecular weight is 805 g/mol. The van der Waals surface area contributed by atoms with E-state index in [4.69, 9.17) is 10.5 Å². The second-order valence-corrected chi connectivity index (χ2v) is 15.1. The van der Waals surface area contributed by atoms with Crippen molar-refractivity contribution in [2.24, 2.45) is 5.73 Å². The van der Waals surface area contributed by atoms with Crippen LogP contribution in [0.25, 0.3) is 0 Å². The van der Waals surface area contributed by atoms with Crippen LogP contribution >= 0.6 is 0 Å². The minimum absolute atomic E-state index is 0.116. The molecule has 0 saturated heterocycles. The van der Waals surface area contributed by atoms with Crippen LogP contribution in [0.3, 0.4) is 0 Å². The van der Waals surface area contributed by atoms with Gasteiger partial charge in [0.1, 0.15) is 12.1 Å². The summed E-state index contributed by atoms with van der Waals surface area (Å²) in [4.78, 5) is 36.4. The van der Waals surface area contributed by atoms with Crippen molar-refractivity contribution in [1.29, 1.82) is 0 Å². The van der Waals surface area contributed by atoms with E-state index < -0.39 is 12.0 Å². The Hall–Kier alpha value is -3.71. The molecule has 0 spiro atoms. The highest BCUT2D eigenvalue weighted by molar-refractivity contribution is 5.83. The van der Waals surface area contributed by atoms with Crippen LogP contribution < -0.4 is 11.1 Å². The molecule has 2 unspecified atom stereocenters. The molecule has 0 aliphatic heterocycles. The zero-order valence-electron chi connectivity index (χ0n) is 36.8. The van der Waals surface area contributed by atoms with Crippen molar-refractivity contribution in [3.63, 3.8) is 0 Å². The van der Waals surface area contributed by atoms with Gasteiger partial charge in [0, 0.05) is 12.8 Å². The van der Waals surface area contributed by atoms with Crippen LogP contribution in [0, 0.1) is 0 Å². The van der Waals surface area contributed by atoms with Gasteiger partial charge in [0.2, 0.25) is 5.91 Å². The molecule has 0 saturated carbocycles. The van der Waals surface area contributed by atoms with E-state index in [0.29, 0.717) is 32.2 Å². The van der Waals surface area contributed by atoms with E-state index in [-0.39, 0.29) is 18.0 Å². The van der Waals surface area contributed by atoms with Crippen molar-refractivity contribution >= 4 is 17.8 Å². The third-order valence-corrected chi connectivity index (χ3v) is 9.62. The van der Waals surface area contributed by atoms with Gasteiger partial charge in [-0.1, -0.05) is 156 Å². The average Bonchev–Trinajstić information content (AvgIpc) is 3.21. The first kappa shape index (κ1) is 54.3. The number of carbonyl (C=O) groups excluding carboxylic acids is 2. The van der Waals surface area contributed by atoms with E-state index in [1.165, 1.54) is 32.1 Å². The number of carbonyl (C=O) groups is 3. The molecule has 4 N–H and O–H groups in total. The van der Waals surface area contributed by atoms with E-state index in [1.807, 2.05) is 6.08 Å². The Morgan fingerprint density at radius 1 is 0.534 bits per heavy atom. The summed E-state index contributed by atoms with van der Waals surface area (Å²) in [6.45, 7) is 4.78. The van der Waals surface area contributed by atoms with Gasteiger partial charge in [-0.3, -0.25) is 9.59 Å². The highest BCUT2D eigenvalue weighted by Crippen LogP contribution is 2.15. The van der Waals surface area contributed by atoms with Crippen molar-refractivity contribution in [2.75, 3.05) is 6.54 Å². The Labute approximate surface area is 355 Å². The number of carboxylic acids is 1. The lowest BCUT2D eigenvalue weighted by Crippen LogP contribution is -2.40. The maximum atomic E-state index is 12.8. The maximum absolute atomic E-state index is 12.8. The molecule has 0 radical (unpaired) electrons. The number of unbranched alkanes of at least 4 members (excludes halogenated alkanes) is 12. The van der Waals surface area contributed by atoms with Crippen molar-refractivity contribution in [1.82, 2.24) is 5.32 Å². The molecule has 0 heterocycles. The second kappa shape index (κ2) is 44.4. The van der Waals surface area contributed by atoms with Crippen molar-refractivity contribution < 1.29 is 24.2 Å². The summed E-state index contributed by atoms with van der Waals surface area (Å²) in [5.41, 5.74) is 5.48. The lowest BCUT2D eigenvalue weighted by Gasteiger charge is -2.15. The van der Waals surface area contributed by atoms with Crippen LogP contribution in [0.5, 0.6) is 0 Å².